The first-order chi connectivity index (χ1) is 8.19. The summed E-state index contributed by atoms with van der Waals surface area (Å²) in [5.41, 5.74) is -1.33. The summed E-state index contributed by atoms with van der Waals surface area (Å²) in [5, 5.41) is 9.12. The second-order valence-corrected chi connectivity index (χ2v) is 4.79. The van der Waals surface area contributed by atoms with Crippen molar-refractivity contribution < 1.29 is 18.7 Å². The number of likely N-dealkylation sites (N-methyl/N-ethyl adjacent to an activating group) is 1. The lowest BCUT2D eigenvalue weighted by Gasteiger charge is -2.36. The van der Waals surface area contributed by atoms with Crippen LogP contribution in [-0.4, -0.2) is 28.6 Å². The maximum atomic E-state index is 13.6. The van der Waals surface area contributed by atoms with Crippen LogP contribution in [-0.2, 0) is 4.79 Å². The Morgan fingerprint density at radius 3 is 2.17 bits per heavy atom. The summed E-state index contributed by atoms with van der Waals surface area (Å²) in [6, 6.07) is 2.92. The van der Waals surface area contributed by atoms with Gasteiger partial charge in [0.1, 0.15) is 17.2 Å². The highest BCUT2D eigenvalue weighted by atomic mass is 19.1. The van der Waals surface area contributed by atoms with E-state index < -0.39 is 29.2 Å². The van der Waals surface area contributed by atoms with E-state index in [1.165, 1.54) is 31.9 Å². The third-order valence-corrected chi connectivity index (χ3v) is 3.40. The number of hydrogen-bond acceptors (Lipinski definition) is 2. The van der Waals surface area contributed by atoms with Crippen LogP contribution in [0.3, 0.4) is 0 Å². The molecule has 0 amide bonds. The largest absolute Gasteiger partial charge is 0.480 e. The average molecular weight is 257 g/mol. The Morgan fingerprint density at radius 1 is 1.33 bits per heavy atom. The summed E-state index contributed by atoms with van der Waals surface area (Å²) in [6.07, 6.45) is 0. The Kier molecular flexibility index (Phi) is 4.06. The Morgan fingerprint density at radius 2 is 1.78 bits per heavy atom. The minimum absolute atomic E-state index is 0.116. The molecule has 0 saturated heterocycles. The monoisotopic (exact) mass is 257 g/mol. The minimum atomic E-state index is -1.21. The molecule has 1 aromatic carbocycles. The zero-order valence-electron chi connectivity index (χ0n) is 10.9. The van der Waals surface area contributed by atoms with Gasteiger partial charge in [-0.1, -0.05) is 6.07 Å². The van der Waals surface area contributed by atoms with Crippen molar-refractivity contribution in [2.75, 3.05) is 7.05 Å². The van der Waals surface area contributed by atoms with E-state index in [0.29, 0.717) is 0 Å². The topological polar surface area (TPSA) is 40.5 Å². The van der Waals surface area contributed by atoms with Gasteiger partial charge in [0.15, 0.2) is 0 Å². The van der Waals surface area contributed by atoms with Crippen LogP contribution < -0.4 is 0 Å². The lowest BCUT2D eigenvalue weighted by Crippen LogP contribution is -2.49. The zero-order chi connectivity index (χ0) is 14.1. The number of halogens is 2. The predicted molar refractivity (Wildman–Crippen MR) is 64.3 cm³/mol. The number of carboxylic acids is 1. The summed E-state index contributed by atoms with van der Waals surface area (Å²) in [5.74, 6) is -2.39. The van der Waals surface area contributed by atoms with Crippen molar-refractivity contribution in [2.45, 2.75) is 32.4 Å². The highest BCUT2D eigenvalue weighted by Gasteiger charge is 2.36. The molecular formula is C13H17F2NO2. The van der Waals surface area contributed by atoms with E-state index in [2.05, 4.69) is 0 Å². The second kappa shape index (κ2) is 5.02. The molecular weight excluding hydrogens is 240 g/mol. The van der Waals surface area contributed by atoms with Crippen LogP contribution in [0.1, 0.15) is 32.4 Å². The van der Waals surface area contributed by atoms with Crippen molar-refractivity contribution in [3.63, 3.8) is 0 Å². The van der Waals surface area contributed by atoms with Crippen LogP contribution in [0.4, 0.5) is 8.78 Å². The maximum absolute atomic E-state index is 13.6. The number of rotatable bonds is 4. The van der Waals surface area contributed by atoms with Crippen molar-refractivity contribution in [2.24, 2.45) is 0 Å². The van der Waals surface area contributed by atoms with Gasteiger partial charge in [0.2, 0.25) is 0 Å². The van der Waals surface area contributed by atoms with E-state index in [-0.39, 0.29) is 5.56 Å². The van der Waals surface area contributed by atoms with Gasteiger partial charge < -0.3 is 5.11 Å². The van der Waals surface area contributed by atoms with Crippen molar-refractivity contribution in [3.05, 3.63) is 35.4 Å². The molecule has 1 atom stereocenters. The highest BCUT2D eigenvalue weighted by molar-refractivity contribution is 5.77. The first kappa shape index (κ1) is 14.6. The average Bonchev–Trinajstić information content (AvgIpc) is 2.27. The van der Waals surface area contributed by atoms with Crippen molar-refractivity contribution in [3.8, 4) is 0 Å². The Bertz CT molecular complexity index is 440. The van der Waals surface area contributed by atoms with Gasteiger partial charge in [0.25, 0.3) is 0 Å². The number of aliphatic carboxylic acids is 1. The fourth-order valence-electron chi connectivity index (χ4n) is 1.74. The van der Waals surface area contributed by atoms with Gasteiger partial charge in [-0.05, 0) is 40.0 Å². The van der Waals surface area contributed by atoms with Gasteiger partial charge in [-0.3, -0.25) is 9.69 Å². The van der Waals surface area contributed by atoms with Crippen LogP contribution in [0.15, 0.2) is 18.2 Å². The molecule has 0 aliphatic carbocycles. The van der Waals surface area contributed by atoms with Crippen LogP contribution >= 0.6 is 0 Å². The highest BCUT2D eigenvalue weighted by Crippen LogP contribution is 2.29. The Labute approximate surface area is 105 Å². The van der Waals surface area contributed by atoms with Crippen LogP contribution in [0, 0.1) is 11.6 Å². The predicted octanol–water partition coefficient (Wildman–Crippen LogP) is 2.82. The molecule has 0 radical (unpaired) electrons. The molecule has 0 aromatic heterocycles. The third kappa shape index (κ3) is 2.51. The molecule has 3 nitrogen and oxygen atoms in total. The third-order valence-electron chi connectivity index (χ3n) is 3.40. The molecule has 0 aliphatic rings. The molecule has 1 rings (SSSR count). The molecule has 1 aromatic rings. The molecule has 0 bridgehead atoms. The second-order valence-electron chi connectivity index (χ2n) is 4.79. The lowest BCUT2D eigenvalue weighted by molar-refractivity contribution is -0.149. The molecule has 100 valence electrons. The fraction of sp³-hybridized carbons (Fsp3) is 0.462. The number of carbonyl (C=O) groups is 1. The maximum Gasteiger partial charge on any atom is 0.323 e. The standard InChI is InChI=1S/C13H17F2NO2/c1-8(16(4)13(2,3)12(17)18)11-9(14)6-5-7-10(11)15/h5-8H,1-4H3,(H,17,18). The summed E-state index contributed by atoms with van der Waals surface area (Å²) in [4.78, 5) is 12.6. The SMILES string of the molecule is CC(c1c(F)cccc1F)N(C)C(C)(C)C(=O)O. The zero-order valence-corrected chi connectivity index (χ0v) is 10.9. The molecule has 1 N–H and O–H groups in total. The van der Waals surface area contributed by atoms with E-state index >= 15 is 0 Å². The molecule has 0 fully saturated rings. The summed E-state index contributed by atoms with van der Waals surface area (Å²) < 4.78 is 27.3. The molecule has 0 heterocycles. The number of nitrogens with zero attached hydrogens (tertiary/aromatic N) is 1. The van der Waals surface area contributed by atoms with E-state index in [1.807, 2.05) is 0 Å². The van der Waals surface area contributed by atoms with Gasteiger partial charge in [-0.15, -0.1) is 0 Å². The summed E-state index contributed by atoms with van der Waals surface area (Å²) in [7, 11) is 1.53. The summed E-state index contributed by atoms with van der Waals surface area (Å²) >= 11 is 0. The number of hydrogen-bond donors (Lipinski definition) is 1. The first-order valence-electron chi connectivity index (χ1n) is 5.59. The first-order valence-corrected chi connectivity index (χ1v) is 5.59. The van der Waals surface area contributed by atoms with Crippen molar-refractivity contribution in [1.29, 1.82) is 0 Å². The van der Waals surface area contributed by atoms with Crippen LogP contribution in [0.5, 0.6) is 0 Å². The van der Waals surface area contributed by atoms with E-state index in [9.17, 15) is 13.6 Å². The van der Waals surface area contributed by atoms with Crippen molar-refractivity contribution >= 4 is 5.97 Å². The fourth-order valence-corrected chi connectivity index (χ4v) is 1.74. The van der Waals surface area contributed by atoms with E-state index in [0.717, 1.165) is 12.1 Å². The van der Waals surface area contributed by atoms with E-state index in [1.54, 1.807) is 6.92 Å². The molecule has 18 heavy (non-hydrogen) atoms. The Balaban J connectivity index is 3.15. The number of carboxylic acid groups (broad SMARTS) is 1. The normalized spacial score (nSPS) is 13.7. The van der Waals surface area contributed by atoms with Gasteiger partial charge >= 0.3 is 5.97 Å². The molecule has 0 spiro atoms. The Hall–Kier alpha value is -1.49. The van der Waals surface area contributed by atoms with Crippen molar-refractivity contribution in [1.82, 2.24) is 4.90 Å². The number of benzene rings is 1. The molecule has 1 unspecified atom stereocenters. The van der Waals surface area contributed by atoms with E-state index in [4.69, 9.17) is 5.11 Å². The van der Waals surface area contributed by atoms with Gasteiger partial charge in [-0.25, -0.2) is 8.78 Å². The lowest BCUT2D eigenvalue weighted by atomic mass is 9.97. The minimum Gasteiger partial charge on any atom is -0.480 e. The van der Waals surface area contributed by atoms with Gasteiger partial charge in [-0.2, -0.15) is 0 Å². The van der Waals surface area contributed by atoms with Crippen LogP contribution in [0.2, 0.25) is 0 Å². The van der Waals surface area contributed by atoms with Gasteiger partial charge in [0, 0.05) is 11.6 Å². The quantitative estimate of drug-likeness (QED) is 0.901. The molecule has 0 aliphatic heterocycles. The summed E-state index contributed by atoms with van der Waals surface area (Å²) in [6.45, 7) is 4.56. The molecule has 0 saturated carbocycles. The smallest absolute Gasteiger partial charge is 0.323 e. The molecule has 5 heteroatoms. The van der Waals surface area contributed by atoms with Gasteiger partial charge in [0.05, 0.1) is 0 Å². The van der Waals surface area contributed by atoms with Crippen LogP contribution in [0.25, 0.3) is 0 Å².